The molecule has 1 aromatic carbocycles. The lowest BCUT2D eigenvalue weighted by molar-refractivity contribution is -0.384. The number of nitro benzene ring substituents is 1. The molecular weight excluding hydrogens is 294 g/mol. The van der Waals surface area contributed by atoms with Crippen molar-refractivity contribution in [3.8, 4) is 0 Å². The van der Waals surface area contributed by atoms with Crippen LogP contribution in [0.4, 0.5) is 11.4 Å². The van der Waals surface area contributed by atoms with Crippen LogP contribution in [0.15, 0.2) is 23.1 Å². The van der Waals surface area contributed by atoms with Crippen molar-refractivity contribution in [2.24, 2.45) is 5.41 Å². The molecule has 0 aromatic heterocycles. The molecular formula is C13H21N3O4S. The van der Waals surface area contributed by atoms with Crippen LogP contribution in [0.5, 0.6) is 0 Å². The van der Waals surface area contributed by atoms with Gasteiger partial charge in [0.05, 0.1) is 9.82 Å². The standard InChI is InChI=1S/C13H21N3O4S/c1-13(2,3)7-8-15-21(19,20)10-5-6-12(16(17)18)11(9-10)14-4/h5-6,9,14-15H,7-8H2,1-4H3. The van der Waals surface area contributed by atoms with Crippen molar-refractivity contribution in [3.05, 3.63) is 28.3 Å². The first-order chi connectivity index (χ1) is 9.57. The maximum atomic E-state index is 12.2. The summed E-state index contributed by atoms with van der Waals surface area (Å²) >= 11 is 0. The van der Waals surface area contributed by atoms with Crippen molar-refractivity contribution in [3.63, 3.8) is 0 Å². The lowest BCUT2D eigenvalue weighted by atomic mass is 9.93. The van der Waals surface area contributed by atoms with Gasteiger partial charge in [0, 0.05) is 19.7 Å². The summed E-state index contributed by atoms with van der Waals surface area (Å²) in [4.78, 5) is 10.3. The summed E-state index contributed by atoms with van der Waals surface area (Å²) in [7, 11) is -2.16. The second-order valence-electron chi connectivity index (χ2n) is 5.89. The minimum Gasteiger partial charge on any atom is -0.383 e. The van der Waals surface area contributed by atoms with Crippen molar-refractivity contribution in [2.45, 2.75) is 32.1 Å². The van der Waals surface area contributed by atoms with Gasteiger partial charge in [0.25, 0.3) is 5.69 Å². The van der Waals surface area contributed by atoms with Crippen molar-refractivity contribution in [2.75, 3.05) is 18.9 Å². The number of nitro groups is 1. The average molecular weight is 315 g/mol. The number of benzene rings is 1. The number of nitrogens with zero attached hydrogens (tertiary/aromatic N) is 1. The van der Waals surface area contributed by atoms with E-state index < -0.39 is 14.9 Å². The highest BCUT2D eigenvalue weighted by molar-refractivity contribution is 7.89. The monoisotopic (exact) mass is 315 g/mol. The van der Waals surface area contributed by atoms with Gasteiger partial charge >= 0.3 is 0 Å². The van der Waals surface area contributed by atoms with E-state index in [1.54, 1.807) is 0 Å². The summed E-state index contributed by atoms with van der Waals surface area (Å²) in [6.07, 6.45) is 0.693. The predicted molar refractivity (Wildman–Crippen MR) is 81.9 cm³/mol. The number of anilines is 1. The van der Waals surface area contributed by atoms with Crippen molar-refractivity contribution >= 4 is 21.4 Å². The first kappa shape index (κ1) is 17.4. The fourth-order valence-electron chi connectivity index (χ4n) is 1.69. The molecule has 0 saturated heterocycles. The van der Waals surface area contributed by atoms with Gasteiger partial charge in [-0.05, 0) is 24.0 Å². The zero-order chi connectivity index (χ0) is 16.3. The Labute approximate surface area is 124 Å². The molecule has 0 amide bonds. The Morgan fingerprint density at radius 1 is 1.29 bits per heavy atom. The summed E-state index contributed by atoms with van der Waals surface area (Å²) in [5.41, 5.74) is 0.0264. The van der Waals surface area contributed by atoms with Crippen LogP contribution < -0.4 is 10.0 Å². The Hall–Kier alpha value is -1.67. The highest BCUT2D eigenvalue weighted by atomic mass is 32.2. The van der Waals surface area contributed by atoms with Crippen molar-refractivity contribution < 1.29 is 13.3 Å². The molecule has 0 saturated carbocycles. The van der Waals surface area contributed by atoms with Crippen LogP contribution in [0.3, 0.4) is 0 Å². The molecule has 0 radical (unpaired) electrons. The summed E-state index contributed by atoms with van der Waals surface area (Å²) in [5.74, 6) is 0. The first-order valence-electron chi connectivity index (χ1n) is 6.53. The van der Waals surface area contributed by atoms with Gasteiger partial charge in [-0.25, -0.2) is 13.1 Å². The summed E-state index contributed by atoms with van der Waals surface area (Å²) in [6, 6.07) is 3.68. The lowest BCUT2D eigenvalue weighted by Gasteiger charge is -2.18. The molecule has 8 heteroatoms. The predicted octanol–water partition coefficient (Wildman–Crippen LogP) is 2.35. The van der Waals surface area contributed by atoms with Gasteiger partial charge < -0.3 is 5.32 Å². The Bertz CT molecular complexity index is 621. The molecule has 1 rings (SSSR count). The minimum atomic E-state index is -3.67. The summed E-state index contributed by atoms with van der Waals surface area (Å²) in [6.45, 7) is 6.38. The molecule has 0 atom stereocenters. The second kappa shape index (κ2) is 6.40. The van der Waals surface area contributed by atoms with E-state index in [0.29, 0.717) is 13.0 Å². The third-order valence-corrected chi connectivity index (χ3v) is 4.37. The van der Waals surface area contributed by atoms with Gasteiger partial charge in [-0.1, -0.05) is 20.8 Å². The third-order valence-electron chi connectivity index (χ3n) is 2.91. The van der Waals surface area contributed by atoms with Crippen molar-refractivity contribution in [1.29, 1.82) is 0 Å². The molecule has 0 aliphatic rings. The SMILES string of the molecule is CNc1cc(S(=O)(=O)NCCC(C)(C)C)ccc1[N+](=O)[O-]. The van der Waals surface area contributed by atoms with Gasteiger partial charge in [0.2, 0.25) is 10.0 Å². The van der Waals surface area contributed by atoms with Gasteiger partial charge in [-0.15, -0.1) is 0 Å². The van der Waals surface area contributed by atoms with E-state index >= 15 is 0 Å². The van der Waals surface area contributed by atoms with E-state index in [1.165, 1.54) is 25.2 Å². The fourth-order valence-corrected chi connectivity index (χ4v) is 2.74. The van der Waals surface area contributed by atoms with Crippen LogP contribution in [0.2, 0.25) is 0 Å². The van der Waals surface area contributed by atoms with Crippen LogP contribution in [-0.4, -0.2) is 26.9 Å². The van der Waals surface area contributed by atoms with Crippen molar-refractivity contribution in [1.82, 2.24) is 4.72 Å². The Morgan fingerprint density at radius 3 is 2.38 bits per heavy atom. The second-order valence-corrected chi connectivity index (χ2v) is 7.66. The number of hydrogen-bond acceptors (Lipinski definition) is 5. The van der Waals surface area contributed by atoms with Crippen LogP contribution in [0, 0.1) is 15.5 Å². The zero-order valence-corrected chi connectivity index (χ0v) is 13.5. The van der Waals surface area contributed by atoms with Crippen LogP contribution in [0.1, 0.15) is 27.2 Å². The highest BCUT2D eigenvalue weighted by Gasteiger charge is 2.20. The largest absolute Gasteiger partial charge is 0.383 e. The molecule has 118 valence electrons. The molecule has 7 nitrogen and oxygen atoms in total. The maximum absolute atomic E-state index is 12.2. The van der Waals surface area contributed by atoms with Gasteiger partial charge in [0.15, 0.2) is 0 Å². The highest BCUT2D eigenvalue weighted by Crippen LogP contribution is 2.27. The average Bonchev–Trinajstić information content (AvgIpc) is 2.35. The lowest BCUT2D eigenvalue weighted by Crippen LogP contribution is -2.27. The first-order valence-corrected chi connectivity index (χ1v) is 8.01. The van der Waals surface area contributed by atoms with E-state index in [4.69, 9.17) is 0 Å². The molecule has 21 heavy (non-hydrogen) atoms. The third kappa shape index (κ3) is 4.98. The number of hydrogen-bond donors (Lipinski definition) is 2. The van der Waals surface area contributed by atoms with E-state index in [0.717, 1.165) is 0 Å². The molecule has 0 aliphatic heterocycles. The molecule has 1 aromatic rings. The molecule has 0 aliphatic carbocycles. The smallest absolute Gasteiger partial charge is 0.292 e. The van der Waals surface area contributed by atoms with Gasteiger partial charge in [-0.3, -0.25) is 10.1 Å². The number of nitrogens with one attached hydrogen (secondary N) is 2. The molecule has 0 heterocycles. The number of sulfonamides is 1. The molecule has 0 fully saturated rings. The summed E-state index contributed by atoms with van der Waals surface area (Å²) < 4.78 is 26.8. The maximum Gasteiger partial charge on any atom is 0.292 e. The Balaban J connectivity index is 2.96. The molecule has 0 unspecified atom stereocenters. The zero-order valence-electron chi connectivity index (χ0n) is 12.6. The molecule has 2 N–H and O–H groups in total. The Kier molecular flexibility index (Phi) is 5.30. The molecule has 0 bridgehead atoms. The van der Waals surface area contributed by atoms with E-state index in [9.17, 15) is 18.5 Å². The molecule has 0 spiro atoms. The normalized spacial score (nSPS) is 12.2. The fraction of sp³-hybridized carbons (Fsp3) is 0.538. The quantitative estimate of drug-likeness (QED) is 0.620. The van der Waals surface area contributed by atoms with Gasteiger partial charge in [-0.2, -0.15) is 0 Å². The summed E-state index contributed by atoms with van der Waals surface area (Å²) in [5, 5.41) is 13.5. The van der Waals surface area contributed by atoms with Crippen LogP contribution >= 0.6 is 0 Å². The number of rotatable bonds is 6. The minimum absolute atomic E-state index is 0.00589. The van der Waals surface area contributed by atoms with Crippen LogP contribution in [-0.2, 0) is 10.0 Å². The van der Waals surface area contributed by atoms with E-state index in [-0.39, 0.29) is 21.7 Å². The van der Waals surface area contributed by atoms with E-state index in [2.05, 4.69) is 10.0 Å². The van der Waals surface area contributed by atoms with Crippen LogP contribution in [0.25, 0.3) is 0 Å². The van der Waals surface area contributed by atoms with E-state index in [1.807, 2.05) is 20.8 Å². The Morgan fingerprint density at radius 2 is 1.90 bits per heavy atom. The topological polar surface area (TPSA) is 101 Å². The van der Waals surface area contributed by atoms with Gasteiger partial charge in [0.1, 0.15) is 5.69 Å².